The molecule has 1 N–H and O–H groups in total. The lowest BCUT2D eigenvalue weighted by molar-refractivity contribution is 0.0595. The van der Waals surface area contributed by atoms with E-state index in [0.29, 0.717) is 6.54 Å². The van der Waals surface area contributed by atoms with Gasteiger partial charge in [-0.15, -0.1) is 0 Å². The Bertz CT molecular complexity index is 490. The molecule has 1 aromatic rings. The Morgan fingerprint density at radius 3 is 2.81 bits per heavy atom. The summed E-state index contributed by atoms with van der Waals surface area (Å²) in [5.41, 5.74) is 0.839. The summed E-state index contributed by atoms with van der Waals surface area (Å²) >= 11 is 0. The van der Waals surface area contributed by atoms with E-state index in [1.54, 1.807) is 6.07 Å². The van der Waals surface area contributed by atoms with Gasteiger partial charge in [-0.25, -0.2) is 9.18 Å². The van der Waals surface area contributed by atoms with Gasteiger partial charge in [0.2, 0.25) is 0 Å². The number of nitrogens with one attached hydrogen (secondary N) is 1. The number of halogens is 1. The van der Waals surface area contributed by atoms with Gasteiger partial charge in [0.25, 0.3) is 0 Å². The average Bonchev–Trinajstić information content (AvgIpc) is 2.48. The first-order valence-electron chi connectivity index (χ1n) is 7.69. The third-order valence-electron chi connectivity index (χ3n) is 4.46. The number of carbonyl (C=O) groups is 1. The average molecular weight is 293 g/mol. The second kappa shape index (κ2) is 7.55. The molecule has 4 heteroatoms. The molecule has 0 saturated heterocycles. The fourth-order valence-electron chi connectivity index (χ4n) is 3.04. The van der Waals surface area contributed by atoms with Gasteiger partial charge >= 0.3 is 5.97 Å². The predicted molar refractivity (Wildman–Crippen MR) is 80.6 cm³/mol. The highest BCUT2D eigenvalue weighted by Gasteiger charge is 2.20. The molecule has 21 heavy (non-hydrogen) atoms. The van der Waals surface area contributed by atoms with Crippen molar-refractivity contribution in [1.29, 1.82) is 0 Å². The molecule has 0 aromatic heterocycles. The van der Waals surface area contributed by atoms with Gasteiger partial charge in [0.15, 0.2) is 0 Å². The van der Waals surface area contributed by atoms with Crippen LogP contribution in [0.1, 0.15) is 48.5 Å². The number of esters is 1. The van der Waals surface area contributed by atoms with Crippen molar-refractivity contribution in [2.24, 2.45) is 11.8 Å². The van der Waals surface area contributed by atoms with E-state index >= 15 is 0 Å². The van der Waals surface area contributed by atoms with Crippen LogP contribution in [-0.2, 0) is 11.3 Å². The molecule has 3 nitrogen and oxygen atoms in total. The SMILES string of the molecule is COC(=O)c1ccc(CNCC2CCCCC2C)cc1F. The lowest BCUT2D eigenvalue weighted by Gasteiger charge is -2.28. The Morgan fingerprint density at radius 2 is 2.14 bits per heavy atom. The van der Waals surface area contributed by atoms with Crippen molar-refractivity contribution in [3.05, 3.63) is 35.1 Å². The fourth-order valence-corrected chi connectivity index (χ4v) is 3.04. The monoisotopic (exact) mass is 293 g/mol. The summed E-state index contributed by atoms with van der Waals surface area (Å²) in [5.74, 6) is 0.331. The van der Waals surface area contributed by atoms with E-state index in [4.69, 9.17) is 0 Å². The van der Waals surface area contributed by atoms with Gasteiger partial charge in [-0.3, -0.25) is 0 Å². The van der Waals surface area contributed by atoms with Crippen molar-refractivity contribution in [3.63, 3.8) is 0 Å². The smallest absolute Gasteiger partial charge is 0.340 e. The van der Waals surface area contributed by atoms with Crippen LogP contribution >= 0.6 is 0 Å². The predicted octanol–water partition coefficient (Wildman–Crippen LogP) is 3.53. The maximum Gasteiger partial charge on any atom is 0.340 e. The maximum atomic E-state index is 13.8. The zero-order valence-corrected chi connectivity index (χ0v) is 12.8. The van der Waals surface area contributed by atoms with Crippen molar-refractivity contribution in [1.82, 2.24) is 5.32 Å². The minimum Gasteiger partial charge on any atom is -0.465 e. The highest BCUT2D eigenvalue weighted by molar-refractivity contribution is 5.89. The Labute approximate surface area is 125 Å². The van der Waals surface area contributed by atoms with E-state index in [0.717, 1.165) is 23.9 Å². The van der Waals surface area contributed by atoms with Crippen LogP contribution in [0.5, 0.6) is 0 Å². The highest BCUT2D eigenvalue weighted by atomic mass is 19.1. The van der Waals surface area contributed by atoms with Crippen LogP contribution < -0.4 is 5.32 Å². The van der Waals surface area contributed by atoms with Gasteiger partial charge in [-0.05, 0) is 42.5 Å². The van der Waals surface area contributed by atoms with E-state index in [1.165, 1.54) is 44.9 Å². The quantitative estimate of drug-likeness (QED) is 0.844. The van der Waals surface area contributed by atoms with Gasteiger partial charge in [0.1, 0.15) is 5.82 Å². The second-order valence-corrected chi connectivity index (χ2v) is 5.96. The van der Waals surface area contributed by atoms with Crippen LogP contribution in [0.4, 0.5) is 4.39 Å². The third-order valence-corrected chi connectivity index (χ3v) is 4.46. The first kappa shape index (κ1) is 16.0. The standard InChI is InChI=1S/C17H24FNO2/c1-12-5-3-4-6-14(12)11-19-10-13-7-8-15(16(18)9-13)17(20)21-2/h7-9,12,14,19H,3-6,10-11H2,1-2H3. The van der Waals surface area contributed by atoms with Gasteiger partial charge < -0.3 is 10.1 Å². The number of ether oxygens (including phenoxy) is 1. The Morgan fingerprint density at radius 1 is 1.38 bits per heavy atom. The Balaban J connectivity index is 1.86. The number of methoxy groups -OCH3 is 1. The molecule has 0 bridgehead atoms. The topological polar surface area (TPSA) is 38.3 Å². The van der Waals surface area contributed by atoms with E-state index < -0.39 is 11.8 Å². The van der Waals surface area contributed by atoms with Crippen LogP contribution in [0.2, 0.25) is 0 Å². The van der Waals surface area contributed by atoms with Crippen LogP contribution in [-0.4, -0.2) is 19.6 Å². The van der Waals surface area contributed by atoms with E-state index in [1.807, 2.05) is 0 Å². The molecule has 1 aromatic carbocycles. The molecule has 1 aliphatic rings. The molecule has 1 aliphatic carbocycles. The number of carbonyl (C=O) groups excluding carboxylic acids is 1. The number of benzene rings is 1. The lowest BCUT2D eigenvalue weighted by Crippen LogP contribution is -2.29. The van der Waals surface area contributed by atoms with Crippen LogP contribution in [0.3, 0.4) is 0 Å². The molecule has 2 rings (SSSR count). The number of rotatable bonds is 5. The van der Waals surface area contributed by atoms with Crippen molar-refractivity contribution in [3.8, 4) is 0 Å². The van der Waals surface area contributed by atoms with Gasteiger partial charge in [0, 0.05) is 6.54 Å². The Kier molecular flexibility index (Phi) is 5.74. The normalized spacial score (nSPS) is 22.0. The molecular formula is C17H24FNO2. The van der Waals surface area contributed by atoms with Gasteiger partial charge in [-0.1, -0.05) is 32.3 Å². The summed E-state index contributed by atoms with van der Waals surface area (Å²) in [4.78, 5) is 11.3. The molecule has 116 valence electrons. The van der Waals surface area contributed by atoms with Crippen LogP contribution in [0.15, 0.2) is 18.2 Å². The lowest BCUT2D eigenvalue weighted by atomic mass is 9.80. The third kappa shape index (κ3) is 4.27. The fraction of sp³-hybridized carbons (Fsp3) is 0.588. The molecule has 2 unspecified atom stereocenters. The molecular weight excluding hydrogens is 269 g/mol. The maximum absolute atomic E-state index is 13.8. The zero-order valence-electron chi connectivity index (χ0n) is 12.8. The zero-order chi connectivity index (χ0) is 15.2. The summed E-state index contributed by atoms with van der Waals surface area (Å²) < 4.78 is 18.3. The van der Waals surface area contributed by atoms with Crippen molar-refractivity contribution in [2.75, 3.05) is 13.7 Å². The van der Waals surface area contributed by atoms with Crippen molar-refractivity contribution >= 4 is 5.97 Å². The summed E-state index contributed by atoms with van der Waals surface area (Å²) in [6.07, 6.45) is 5.26. The first-order valence-corrected chi connectivity index (χ1v) is 7.69. The molecule has 1 fully saturated rings. The minimum absolute atomic E-state index is 0.0119. The van der Waals surface area contributed by atoms with Crippen molar-refractivity contribution in [2.45, 2.75) is 39.2 Å². The molecule has 1 saturated carbocycles. The van der Waals surface area contributed by atoms with Crippen LogP contribution in [0, 0.1) is 17.7 Å². The molecule has 0 spiro atoms. The first-order chi connectivity index (χ1) is 10.1. The number of hydrogen-bond acceptors (Lipinski definition) is 3. The van der Waals surface area contributed by atoms with Crippen LogP contribution in [0.25, 0.3) is 0 Å². The van der Waals surface area contributed by atoms with Crippen molar-refractivity contribution < 1.29 is 13.9 Å². The van der Waals surface area contributed by atoms with E-state index in [-0.39, 0.29) is 5.56 Å². The van der Waals surface area contributed by atoms with E-state index in [9.17, 15) is 9.18 Å². The summed E-state index contributed by atoms with van der Waals surface area (Å²) in [7, 11) is 1.25. The molecule has 0 aliphatic heterocycles. The molecule has 0 heterocycles. The minimum atomic E-state index is -0.636. The molecule has 2 atom stereocenters. The van der Waals surface area contributed by atoms with Gasteiger partial charge in [-0.2, -0.15) is 0 Å². The van der Waals surface area contributed by atoms with Gasteiger partial charge in [0.05, 0.1) is 12.7 Å². The summed E-state index contributed by atoms with van der Waals surface area (Å²) in [6, 6.07) is 4.66. The number of hydrogen-bond donors (Lipinski definition) is 1. The highest BCUT2D eigenvalue weighted by Crippen LogP contribution is 2.28. The summed E-state index contributed by atoms with van der Waals surface area (Å²) in [5, 5.41) is 3.41. The molecule has 0 amide bonds. The van der Waals surface area contributed by atoms with E-state index in [2.05, 4.69) is 17.0 Å². The largest absolute Gasteiger partial charge is 0.465 e. The molecule has 0 radical (unpaired) electrons. The Hall–Kier alpha value is -1.42. The summed E-state index contributed by atoms with van der Waals surface area (Å²) in [6.45, 7) is 3.92. The second-order valence-electron chi connectivity index (χ2n) is 5.96.